The summed E-state index contributed by atoms with van der Waals surface area (Å²) in [4.78, 5) is 8.06. The Morgan fingerprint density at radius 1 is 1.23 bits per heavy atom. The molecule has 0 amide bonds. The molecule has 2 aromatic heterocycles. The van der Waals surface area contributed by atoms with Crippen LogP contribution in [-0.2, 0) is 0 Å². The predicted molar refractivity (Wildman–Crippen MR) is 49.5 cm³/mol. The van der Waals surface area contributed by atoms with Gasteiger partial charge in [0.05, 0.1) is 30.6 Å². The van der Waals surface area contributed by atoms with Crippen LogP contribution in [0.4, 0.5) is 0 Å². The Morgan fingerprint density at radius 3 is 2.62 bits per heavy atom. The molecule has 0 aromatic carbocycles. The molecular weight excluding hydrogens is 188 g/mol. The average molecular weight is 195 g/mol. The number of hydrogen-bond acceptors (Lipinski definition) is 3. The Kier molecular flexibility index (Phi) is 2.02. The molecule has 0 aliphatic heterocycles. The van der Waals surface area contributed by atoms with Crippen molar-refractivity contribution in [3.63, 3.8) is 0 Å². The molecule has 2 heterocycles. The zero-order chi connectivity index (χ0) is 9.26. The Bertz CT molecular complexity index is 408. The molecule has 0 aliphatic rings. The van der Waals surface area contributed by atoms with Crippen LogP contribution in [0.5, 0.6) is 0 Å². The summed E-state index contributed by atoms with van der Waals surface area (Å²) in [5.74, 6) is 0. The van der Waals surface area contributed by atoms with Crippen molar-refractivity contribution >= 4 is 11.6 Å². The second kappa shape index (κ2) is 3.18. The summed E-state index contributed by atoms with van der Waals surface area (Å²) >= 11 is 5.62. The first-order chi connectivity index (χ1) is 6.27. The molecule has 0 aliphatic carbocycles. The van der Waals surface area contributed by atoms with Crippen LogP contribution in [0.3, 0.4) is 0 Å². The lowest BCUT2D eigenvalue weighted by atomic mass is 10.2. The highest BCUT2D eigenvalue weighted by Gasteiger charge is 2.05. The van der Waals surface area contributed by atoms with E-state index in [-0.39, 0.29) is 0 Å². The summed E-state index contributed by atoms with van der Waals surface area (Å²) in [7, 11) is 0. The van der Waals surface area contributed by atoms with Crippen LogP contribution in [0.15, 0.2) is 29.3 Å². The third-order valence-corrected chi connectivity index (χ3v) is 1.95. The van der Waals surface area contributed by atoms with Crippen molar-refractivity contribution in [2.45, 2.75) is 6.92 Å². The highest BCUT2D eigenvalue weighted by molar-refractivity contribution is 6.29. The maximum atomic E-state index is 5.62. The highest BCUT2D eigenvalue weighted by Crippen LogP contribution is 2.21. The number of aromatic nitrogens is 2. The summed E-state index contributed by atoms with van der Waals surface area (Å²) in [6.45, 7) is 1.95. The molecule has 0 saturated carbocycles. The smallest absolute Gasteiger partial charge is 0.147 e. The van der Waals surface area contributed by atoms with E-state index in [1.54, 1.807) is 18.7 Å². The van der Waals surface area contributed by atoms with Gasteiger partial charge < -0.3 is 4.42 Å². The summed E-state index contributed by atoms with van der Waals surface area (Å²) in [6.07, 6.45) is 6.46. The van der Waals surface area contributed by atoms with Crippen molar-refractivity contribution in [2.75, 3.05) is 0 Å². The van der Waals surface area contributed by atoms with Crippen LogP contribution in [0.25, 0.3) is 11.3 Å². The second-order valence-corrected chi connectivity index (χ2v) is 3.08. The van der Waals surface area contributed by atoms with Gasteiger partial charge in [-0.15, -0.1) is 0 Å². The lowest BCUT2D eigenvalue weighted by Gasteiger charge is -1.96. The van der Waals surface area contributed by atoms with Crippen molar-refractivity contribution in [1.82, 2.24) is 9.97 Å². The first kappa shape index (κ1) is 8.26. The van der Waals surface area contributed by atoms with E-state index in [0.717, 1.165) is 16.8 Å². The van der Waals surface area contributed by atoms with Gasteiger partial charge in [0.25, 0.3) is 0 Å². The molecule has 3 nitrogen and oxygen atoms in total. The fourth-order valence-electron chi connectivity index (χ4n) is 1.07. The Morgan fingerprint density at radius 2 is 2.08 bits per heavy atom. The molecule has 4 heteroatoms. The van der Waals surface area contributed by atoms with Gasteiger partial charge in [-0.1, -0.05) is 11.6 Å². The summed E-state index contributed by atoms with van der Waals surface area (Å²) < 4.78 is 5.03. The van der Waals surface area contributed by atoms with Gasteiger partial charge in [0.2, 0.25) is 0 Å². The number of halogens is 1. The van der Waals surface area contributed by atoms with E-state index in [4.69, 9.17) is 16.0 Å². The molecule has 2 rings (SSSR count). The SMILES string of the molecule is Cc1cocc1-c1cnc(Cl)cn1. The normalized spacial score (nSPS) is 10.3. The molecule has 0 spiro atoms. The Labute approximate surface area is 80.4 Å². The molecule has 0 unspecified atom stereocenters. The minimum atomic E-state index is 0.393. The first-order valence-electron chi connectivity index (χ1n) is 3.78. The number of nitrogens with zero attached hydrogens (tertiary/aromatic N) is 2. The standard InChI is InChI=1S/C9H7ClN2O/c1-6-4-13-5-7(6)8-2-12-9(10)3-11-8/h2-5H,1H3. The lowest BCUT2D eigenvalue weighted by molar-refractivity contribution is 0.566. The quantitative estimate of drug-likeness (QED) is 0.701. The van der Waals surface area contributed by atoms with E-state index in [1.807, 2.05) is 6.92 Å². The van der Waals surface area contributed by atoms with Crippen LogP contribution in [0.2, 0.25) is 5.15 Å². The third-order valence-electron chi connectivity index (χ3n) is 1.75. The molecule has 0 saturated heterocycles. The van der Waals surface area contributed by atoms with E-state index < -0.39 is 0 Å². The van der Waals surface area contributed by atoms with Gasteiger partial charge in [0.15, 0.2) is 0 Å². The number of rotatable bonds is 1. The monoisotopic (exact) mass is 194 g/mol. The Hall–Kier alpha value is -1.35. The second-order valence-electron chi connectivity index (χ2n) is 2.69. The zero-order valence-corrected chi connectivity index (χ0v) is 7.75. The topological polar surface area (TPSA) is 38.9 Å². The largest absolute Gasteiger partial charge is 0.472 e. The van der Waals surface area contributed by atoms with Crippen LogP contribution >= 0.6 is 11.6 Å². The molecule has 66 valence electrons. The zero-order valence-electron chi connectivity index (χ0n) is 6.99. The molecule has 0 fully saturated rings. The van der Waals surface area contributed by atoms with Gasteiger partial charge in [-0.05, 0) is 12.5 Å². The molecular formula is C9H7ClN2O. The van der Waals surface area contributed by atoms with E-state index in [2.05, 4.69) is 9.97 Å². The van der Waals surface area contributed by atoms with Gasteiger partial charge in [-0.2, -0.15) is 0 Å². The van der Waals surface area contributed by atoms with E-state index in [0.29, 0.717) is 5.15 Å². The van der Waals surface area contributed by atoms with E-state index >= 15 is 0 Å². The summed E-state index contributed by atoms with van der Waals surface area (Å²) in [5, 5.41) is 0.393. The third kappa shape index (κ3) is 1.55. The van der Waals surface area contributed by atoms with Gasteiger partial charge in [-0.25, -0.2) is 4.98 Å². The molecule has 0 N–H and O–H groups in total. The maximum absolute atomic E-state index is 5.62. The van der Waals surface area contributed by atoms with Crippen LogP contribution in [-0.4, -0.2) is 9.97 Å². The fourth-order valence-corrected chi connectivity index (χ4v) is 1.17. The first-order valence-corrected chi connectivity index (χ1v) is 4.16. The van der Waals surface area contributed by atoms with Crippen molar-refractivity contribution in [2.24, 2.45) is 0 Å². The molecule has 13 heavy (non-hydrogen) atoms. The van der Waals surface area contributed by atoms with Crippen molar-refractivity contribution in [1.29, 1.82) is 0 Å². The number of aryl methyl sites for hydroxylation is 1. The fraction of sp³-hybridized carbons (Fsp3) is 0.111. The number of hydrogen-bond donors (Lipinski definition) is 0. The predicted octanol–water partition coefficient (Wildman–Crippen LogP) is 2.70. The maximum Gasteiger partial charge on any atom is 0.147 e. The van der Waals surface area contributed by atoms with Crippen molar-refractivity contribution < 1.29 is 4.42 Å². The van der Waals surface area contributed by atoms with Crippen molar-refractivity contribution in [3.8, 4) is 11.3 Å². The molecule has 0 atom stereocenters. The van der Waals surface area contributed by atoms with Gasteiger partial charge in [0.1, 0.15) is 5.15 Å². The lowest BCUT2D eigenvalue weighted by Crippen LogP contribution is -1.85. The summed E-state index contributed by atoms with van der Waals surface area (Å²) in [5.41, 5.74) is 2.76. The molecule has 2 aromatic rings. The molecule has 0 radical (unpaired) electrons. The van der Waals surface area contributed by atoms with Crippen LogP contribution in [0.1, 0.15) is 5.56 Å². The van der Waals surface area contributed by atoms with Gasteiger partial charge >= 0.3 is 0 Å². The van der Waals surface area contributed by atoms with Crippen molar-refractivity contribution in [3.05, 3.63) is 35.6 Å². The highest BCUT2D eigenvalue weighted by atomic mass is 35.5. The molecule has 0 bridgehead atoms. The summed E-state index contributed by atoms with van der Waals surface area (Å²) in [6, 6.07) is 0. The van der Waals surface area contributed by atoms with Gasteiger partial charge in [0, 0.05) is 5.56 Å². The van der Waals surface area contributed by atoms with Gasteiger partial charge in [-0.3, -0.25) is 4.98 Å². The van der Waals surface area contributed by atoms with E-state index in [1.165, 1.54) is 6.20 Å². The average Bonchev–Trinajstić information content (AvgIpc) is 2.53. The minimum Gasteiger partial charge on any atom is -0.472 e. The minimum absolute atomic E-state index is 0.393. The Balaban J connectivity index is 2.47. The van der Waals surface area contributed by atoms with E-state index in [9.17, 15) is 0 Å². The van der Waals surface area contributed by atoms with Crippen LogP contribution < -0.4 is 0 Å². The van der Waals surface area contributed by atoms with Crippen LogP contribution in [0, 0.1) is 6.92 Å². The number of furan rings is 1.